The number of nitrogens with one attached hydrogen (secondary N) is 2. The Morgan fingerprint density at radius 3 is 2.81 bits per heavy atom. The molecule has 0 spiro atoms. The van der Waals surface area contributed by atoms with E-state index in [1.54, 1.807) is 18.3 Å². The highest BCUT2D eigenvalue weighted by Gasteiger charge is 2.06. The molecular weight excluding hydrogens is 411 g/mol. The summed E-state index contributed by atoms with van der Waals surface area (Å²) in [6, 6.07) is 12.6. The van der Waals surface area contributed by atoms with Gasteiger partial charge in [0.2, 0.25) is 0 Å². The average Bonchev–Trinajstić information content (AvgIpc) is 2.65. The predicted octanol–water partition coefficient (Wildman–Crippen LogP) is 4.76. The topological polar surface area (TPSA) is 79.4 Å². The molecule has 0 fully saturated rings. The number of halogens is 3. The maximum Gasteiger partial charge on any atom is 0.285 e. The first-order chi connectivity index (χ1) is 13.0. The number of nitrogens with zero attached hydrogens (tertiary/aromatic N) is 2. The van der Waals surface area contributed by atoms with Crippen LogP contribution in [0.25, 0.3) is 0 Å². The molecule has 0 radical (unpaired) electrons. The van der Waals surface area contributed by atoms with Crippen molar-refractivity contribution in [1.82, 2.24) is 10.2 Å². The van der Waals surface area contributed by atoms with Gasteiger partial charge in [-0.15, -0.1) is 0 Å². The number of anilines is 1. The average molecular weight is 424 g/mol. The van der Waals surface area contributed by atoms with Gasteiger partial charge in [0.15, 0.2) is 0 Å². The minimum atomic E-state index is -0.500. The fourth-order valence-electron chi connectivity index (χ4n) is 2.15. The summed E-state index contributed by atoms with van der Waals surface area (Å²) in [6.45, 7) is 0.276. The maximum absolute atomic E-state index is 11.4. The van der Waals surface area contributed by atoms with E-state index in [9.17, 15) is 4.79 Å². The SMILES string of the molecule is O=c1[nH]ncc(N/N=C/c2ccccc2OCc2ccc(Cl)cc2Cl)c1Cl. The molecule has 0 saturated carbocycles. The first-order valence-electron chi connectivity index (χ1n) is 7.72. The van der Waals surface area contributed by atoms with E-state index >= 15 is 0 Å². The van der Waals surface area contributed by atoms with Crippen LogP contribution in [0.3, 0.4) is 0 Å². The van der Waals surface area contributed by atoms with Crippen molar-refractivity contribution >= 4 is 46.7 Å². The minimum Gasteiger partial charge on any atom is -0.488 e. The highest BCUT2D eigenvalue weighted by Crippen LogP contribution is 2.24. The molecular formula is C18H13Cl3N4O2. The van der Waals surface area contributed by atoms with Crippen LogP contribution in [0.4, 0.5) is 5.69 Å². The molecule has 2 N–H and O–H groups in total. The quantitative estimate of drug-likeness (QED) is 0.443. The summed E-state index contributed by atoms with van der Waals surface area (Å²) in [5, 5.41) is 11.0. The molecule has 3 aromatic rings. The van der Waals surface area contributed by atoms with Crippen molar-refractivity contribution in [3.05, 3.63) is 85.2 Å². The van der Waals surface area contributed by atoms with Gasteiger partial charge in [0, 0.05) is 21.2 Å². The van der Waals surface area contributed by atoms with Crippen LogP contribution in [0.15, 0.2) is 58.6 Å². The van der Waals surface area contributed by atoms with Crippen molar-refractivity contribution in [2.24, 2.45) is 5.10 Å². The van der Waals surface area contributed by atoms with Gasteiger partial charge < -0.3 is 4.74 Å². The Balaban J connectivity index is 1.72. The van der Waals surface area contributed by atoms with Crippen LogP contribution in [0.1, 0.15) is 11.1 Å². The maximum atomic E-state index is 11.4. The normalized spacial score (nSPS) is 10.9. The largest absolute Gasteiger partial charge is 0.488 e. The third-order valence-corrected chi connectivity index (χ3v) is 4.46. The molecule has 0 aliphatic rings. The predicted molar refractivity (Wildman–Crippen MR) is 108 cm³/mol. The molecule has 0 aliphatic heterocycles. The number of hydrogen-bond acceptors (Lipinski definition) is 5. The van der Waals surface area contributed by atoms with E-state index in [-0.39, 0.29) is 11.6 Å². The fraction of sp³-hybridized carbons (Fsp3) is 0.0556. The highest BCUT2D eigenvalue weighted by atomic mass is 35.5. The second-order valence-electron chi connectivity index (χ2n) is 5.36. The number of ether oxygens (including phenoxy) is 1. The molecule has 27 heavy (non-hydrogen) atoms. The van der Waals surface area contributed by atoms with E-state index in [0.717, 1.165) is 11.1 Å². The van der Waals surface area contributed by atoms with Crippen LogP contribution in [0.5, 0.6) is 5.75 Å². The first kappa shape index (κ1) is 19.2. The number of rotatable bonds is 6. The van der Waals surface area contributed by atoms with Crippen LogP contribution in [-0.2, 0) is 6.61 Å². The van der Waals surface area contributed by atoms with Gasteiger partial charge in [0.05, 0.1) is 12.4 Å². The van der Waals surface area contributed by atoms with Gasteiger partial charge in [-0.1, -0.05) is 53.0 Å². The second-order valence-corrected chi connectivity index (χ2v) is 6.58. The number of hydrogen-bond donors (Lipinski definition) is 2. The second kappa shape index (κ2) is 8.90. The third-order valence-electron chi connectivity index (χ3n) is 3.50. The van der Waals surface area contributed by atoms with Gasteiger partial charge >= 0.3 is 0 Å². The Bertz CT molecular complexity index is 1040. The van der Waals surface area contributed by atoms with Crippen molar-refractivity contribution in [3.63, 3.8) is 0 Å². The van der Waals surface area contributed by atoms with Crippen molar-refractivity contribution < 1.29 is 4.74 Å². The molecule has 138 valence electrons. The third kappa shape index (κ3) is 5.01. The molecule has 0 amide bonds. The zero-order chi connectivity index (χ0) is 19.2. The number of hydrazone groups is 1. The molecule has 1 aromatic heterocycles. The number of benzene rings is 2. The number of aromatic amines is 1. The highest BCUT2D eigenvalue weighted by molar-refractivity contribution is 6.35. The lowest BCUT2D eigenvalue weighted by molar-refractivity contribution is 0.306. The Kier molecular flexibility index (Phi) is 6.34. The summed E-state index contributed by atoms with van der Waals surface area (Å²) >= 11 is 18.0. The lowest BCUT2D eigenvalue weighted by atomic mass is 10.2. The molecule has 0 bridgehead atoms. The van der Waals surface area contributed by atoms with Crippen LogP contribution >= 0.6 is 34.8 Å². The molecule has 0 saturated heterocycles. The van der Waals surface area contributed by atoms with Gasteiger partial charge in [-0.2, -0.15) is 10.2 Å². The summed E-state index contributed by atoms with van der Waals surface area (Å²) in [4.78, 5) is 11.4. The summed E-state index contributed by atoms with van der Waals surface area (Å²) in [5.74, 6) is 0.615. The van der Waals surface area contributed by atoms with Crippen molar-refractivity contribution in [1.29, 1.82) is 0 Å². The standard InChI is InChI=1S/C18H13Cl3N4O2/c19-13-6-5-12(14(20)7-13)10-27-16-4-2-1-3-11(16)8-22-24-15-9-23-25-18(26)17(15)21/h1-9H,10H2,(H2,24,25,26)/b22-8+. The Morgan fingerprint density at radius 1 is 1.19 bits per heavy atom. The van der Waals surface area contributed by atoms with E-state index in [1.165, 1.54) is 6.20 Å². The zero-order valence-electron chi connectivity index (χ0n) is 13.7. The van der Waals surface area contributed by atoms with Crippen molar-refractivity contribution in [2.45, 2.75) is 6.61 Å². The summed E-state index contributed by atoms with van der Waals surface area (Å²) in [7, 11) is 0. The summed E-state index contributed by atoms with van der Waals surface area (Å²) in [5.41, 5.74) is 4.02. The van der Waals surface area contributed by atoms with E-state index in [2.05, 4.69) is 20.7 Å². The Hall–Kier alpha value is -2.54. The van der Waals surface area contributed by atoms with Crippen LogP contribution < -0.4 is 15.7 Å². The van der Waals surface area contributed by atoms with Gasteiger partial charge in [-0.3, -0.25) is 10.2 Å². The lowest BCUT2D eigenvalue weighted by Gasteiger charge is -2.10. The molecule has 9 heteroatoms. The van der Waals surface area contributed by atoms with Crippen LogP contribution in [-0.4, -0.2) is 16.4 Å². The molecule has 0 aliphatic carbocycles. The monoisotopic (exact) mass is 422 g/mol. The zero-order valence-corrected chi connectivity index (χ0v) is 16.0. The van der Waals surface area contributed by atoms with Gasteiger partial charge in [-0.25, -0.2) is 5.10 Å². The van der Waals surface area contributed by atoms with Gasteiger partial charge in [0.25, 0.3) is 5.56 Å². The number of aromatic nitrogens is 2. The van der Waals surface area contributed by atoms with E-state index in [0.29, 0.717) is 21.5 Å². The molecule has 0 atom stereocenters. The number of para-hydroxylation sites is 1. The summed E-state index contributed by atoms with van der Waals surface area (Å²) in [6.07, 6.45) is 2.92. The molecule has 3 rings (SSSR count). The molecule has 0 unspecified atom stereocenters. The number of H-pyrrole nitrogens is 1. The smallest absolute Gasteiger partial charge is 0.285 e. The van der Waals surface area contributed by atoms with Crippen molar-refractivity contribution in [3.8, 4) is 5.75 Å². The van der Waals surface area contributed by atoms with Crippen LogP contribution in [0.2, 0.25) is 15.1 Å². The Morgan fingerprint density at radius 2 is 2.00 bits per heavy atom. The van der Waals surface area contributed by atoms with E-state index in [1.807, 2.05) is 30.3 Å². The minimum absolute atomic E-state index is 0.0240. The van der Waals surface area contributed by atoms with E-state index < -0.39 is 5.56 Å². The van der Waals surface area contributed by atoms with Gasteiger partial charge in [0.1, 0.15) is 23.1 Å². The first-order valence-corrected chi connectivity index (χ1v) is 8.86. The molecule has 2 aromatic carbocycles. The lowest BCUT2D eigenvalue weighted by Crippen LogP contribution is -2.10. The van der Waals surface area contributed by atoms with E-state index in [4.69, 9.17) is 39.5 Å². The molecule has 6 nitrogen and oxygen atoms in total. The fourth-order valence-corrected chi connectivity index (χ4v) is 2.74. The molecule has 1 heterocycles. The van der Waals surface area contributed by atoms with Gasteiger partial charge in [-0.05, 0) is 24.3 Å². The summed E-state index contributed by atoms with van der Waals surface area (Å²) < 4.78 is 5.85. The van der Waals surface area contributed by atoms with Crippen LogP contribution in [0, 0.1) is 0 Å². The van der Waals surface area contributed by atoms with Crippen molar-refractivity contribution in [2.75, 3.05) is 5.43 Å². The Labute approximate surface area is 169 Å².